The van der Waals surface area contributed by atoms with Gasteiger partial charge in [-0.2, -0.15) is 0 Å². The van der Waals surface area contributed by atoms with Crippen LogP contribution in [0.4, 0.5) is 15.8 Å². The number of methoxy groups -OCH3 is 1. The van der Waals surface area contributed by atoms with Crippen molar-refractivity contribution in [2.75, 3.05) is 23.8 Å². The quantitative estimate of drug-likeness (QED) is 0.542. The number of sulfonamides is 1. The number of anilines is 2. The second kappa shape index (κ2) is 8.85. The maximum absolute atomic E-state index is 13.9. The first-order valence-electron chi connectivity index (χ1n) is 8.72. The van der Waals surface area contributed by atoms with E-state index in [1.165, 1.54) is 62.7 Å². The Morgan fingerprint density at radius 1 is 1.03 bits per heavy atom. The molecule has 3 rings (SSSR count). The van der Waals surface area contributed by atoms with Crippen molar-refractivity contribution in [3.63, 3.8) is 0 Å². The van der Waals surface area contributed by atoms with Crippen LogP contribution in [0.3, 0.4) is 0 Å². The first-order valence-corrected chi connectivity index (χ1v) is 10.9. The maximum atomic E-state index is 13.9. The number of halogens is 2. The van der Waals surface area contributed by atoms with E-state index in [2.05, 4.69) is 21.2 Å². The molecule has 0 saturated carbocycles. The zero-order valence-corrected chi connectivity index (χ0v) is 18.5. The molecular weight excluding hydrogens is 475 g/mol. The molecule has 6 nitrogen and oxygen atoms in total. The van der Waals surface area contributed by atoms with E-state index in [9.17, 15) is 17.6 Å². The van der Waals surface area contributed by atoms with Crippen molar-refractivity contribution in [2.24, 2.45) is 0 Å². The zero-order chi connectivity index (χ0) is 21.9. The van der Waals surface area contributed by atoms with Crippen LogP contribution in [0.2, 0.25) is 0 Å². The molecule has 156 valence electrons. The minimum absolute atomic E-state index is 0.0477. The van der Waals surface area contributed by atoms with Gasteiger partial charge in [0.25, 0.3) is 15.9 Å². The van der Waals surface area contributed by atoms with Gasteiger partial charge in [-0.15, -0.1) is 0 Å². The molecule has 0 saturated heterocycles. The number of nitrogens with one attached hydrogen (secondary N) is 1. The molecule has 0 aliphatic carbocycles. The Balaban J connectivity index is 1.77. The van der Waals surface area contributed by atoms with Crippen molar-refractivity contribution in [1.29, 1.82) is 0 Å². The molecule has 9 heteroatoms. The van der Waals surface area contributed by atoms with E-state index < -0.39 is 21.7 Å². The van der Waals surface area contributed by atoms with Crippen LogP contribution in [0, 0.1) is 5.82 Å². The molecular formula is C21H18BrFN2O4S. The number of carbonyl (C=O) groups excluding carboxylic acids is 1. The van der Waals surface area contributed by atoms with E-state index >= 15 is 0 Å². The minimum atomic E-state index is -3.79. The fourth-order valence-electron chi connectivity index (χ4n) is 2.65. The van der Waals surface area contributed by atoms with Gasteiger partial charge in [0, 0.05) is 17.1 Å². The number of nitrogens with zero attached hydrogens (tertiary/aromatic N) is 1. The number of hydrogen-bond acceptors (Lipinski definition) is 4. The van der Waals surface area contributed by atoms with E-state index in [1.807, 2.05) is 0 Å². The number of hydrogen-bond donors (Lipinski definition) is 1. The molecule has 1 N–H and O–H groups in total. The standard InChI is InChI=1S/C21H18BrFN2O4S/c1-25(30(27,28)18-10-8-17(29-2)9-11-18)16-6-3-14(4-7-16)21(26)24-20-12-5-15(22)13-19(20)23/h3-13H,1-2H3,(H,24,26). The van der Waals surface area contributed by atoms with Gasteiger partial charge >= 0.3 is 0 Å². The fourth-order valence-corrected chi connectivity index (χ4v) is 4.18. The molecule has 0 unspecified atom stereocenters. The average molecular weight is 493 g/mol. The molecule has 0 aliphatic heterocycles. The molecule has 0 atom stereocenters. The first kappa shape index (κ1) is 21.8. The lowest BCUT2D eigenvalue weighted by Crippen LogP contribution is -2.26. The Kier molecular flexibility index (Phi) is 6.42. The van der Waals surface area contributed by atoms with Gasteiger partial charge in [-0.05, 0) is 66.7 Å². The summed E-state index contributed by atoms with van der Waals surface area (Å²) in [5.41, 5.74) is 0.681. The highest BCUT2D eigenvalue weighted by Gasteiger charge is 2.21. The number of ether oxygens (including phenoxy) is 1. The second-order valence-electron chi connectivity index (χ2n) is 6.27. The van der Waals surface area contributed by atoms with Crippen molar-refractivity contribution in [2.45, 2.75) is 4.90 Å². The van der Waals surface area contributed by atoms with Gasteiger partial charge in [0.15, 0.2) is 0 Å². The Hall–Kier alpha value is -2.91. The minimum Gasteiger partial charge on any atom is -0.497 e. The smallest absolute Gasteiger partial charge is 0.264 e. The van der Waals surface area contributed by atoms with E-state index in [4.69, 9.17) is 4.74 Å². The monoisotopic (exact) mass is 492 g/mol. The van der Waals surface area contributed by atoms with Crippen LogP contribution in [0.25, 0.3) is 0 Å². The van der Waals surface area contributed by atoms with Gasteiger partial charge in [-0.3, -0.25) is 9.10 Å². The molecule has 0 spiro atoms. The predicted octanol–water partition coefficient (Wildman–Crippen LogP) is 4.67. The number of benzene rings is 3. The molecule has 0 aliphatic rings. The van der Waals surface area contributed by atoms with Crippen molar-refractivity contribution in [1.82, 2.24) is 0 Å². The van der Waals surface area contributed by atoms with E-state index in [1.54, 1.807) is 18.2 Å². The summed E-state index contributed by atoms with van der Waals surface area (Å²) < 4.78 is 46.3. The third kappa shape index (κ3) is 4.63. The van der Waals surface area contributed by atoms with Crippen LogP contribution >= 0.6 is 15.9 Å². The van der Waals surface area contributed by atoms with E-state index in [-0.39, 0.29) is 16.1 Å². The highest BCUT2D eigenvalue weighted by Crippen LogP contribution is 2.25. The lowest BCUT2D eigenvalue weighted by Gasteiger charge is -2.20. The van der Waals surface area contributed by atoms with Crippen LogP contribution in [-0.4, -0.2) is 28.5 Å². The molecule has 3 aromatic carbocycles. The summed E-state index contributed by atoms with van der Waals surface area (Å²) in [7, 11) is -0.864. The summed E-state index contributed by atoms with van der Waals surface area (Å²) in [5.74, 6) is -0.530. The molecule has 0 fully saturated rings. The Morgan fingerprint density at radius 3 is 2.23 bits per heavy atom. The Morgan fingerprint density at radius 2 is 1.67 bits per heavy atom. The summed E-state index contributed by atoms with van der Waals surface area (Å²) >= 11 is 3.16. The molecule has 0 heterocycles. The van der Waals surface area contributed by atoms with Crippen molar-refractivity contribution >= 4 is 43.2 Å². The van der Waals surface area contributed by atoms with Gasteiger partial charge in [0.05, 0.1) is 23.4 Å². The Bertz CT molecular complexity index is 1170. The van der Waals surface area contributed by atoms with Gasteiger partial charge in [-0.1, -0.05) is 15.9 Å². The highest BCUT2D eigenvalue weighted by molar-refractivity contribution is 9.10. The summed E-state index contributed by atoms with van der Waals surface area (Å²) in [6, 6.07) is 16.3. The van der Waals surface area contributed by atoms with Gasteiger partial charge in [0.2, 0.25) is 0 Å². The summed E-state index contributed by atoms with van der Waals surface area (Å²) in [4.78, 5) is 12.5. The zero-order valence-electron chi connectivity index (χ0n) is 16.1. The molecule has 0 aromatic heterocycles. The lowest BCUT2D eigenvalue weighted by molar-refractivity contribution is 0.102. The van der Waals surface area contributed by atoms with Crippen LogP contribution in [-0.2, 0) is 10.0 Å². The average Bonchev–Trinajstić information content (AvgIpc) is 2.75. The third-order valence-corrected chi connectivity index (χ3v) is 6.68. The lowest BCUT2D eigenvalue weighted by atomic mass is 10.2. The van der Waals surface area contributed by atoms with Gasteiger partial charge < -0.3 is 10.1 Å². The van der Waals surface area contributed by atoms with Crippen molar-refractivity contribution < 1.29 is 22.3 Å². The van der Waals surface area contributed by atoms with Crippen LogP contribution in [0.1, 0.15) is 10.4 Å². The van der Waals surface area contributed by atoms with Crippen molar-refractivity contribution in [3.8, 4) is 5.75 Å². The third-order valence-electron chi connectivity index (χ3n) is 4.39. The topological polar surface area (TPSA) is 75.7 Å². The molecule has 0 bridgehead atoms. The summed E-state index contributed by atoms with van der Waals surface area (Å²) in [6.45, 7) is 0. The molecule has 3 aromatic rings. The SMILES string of the molecule is COc1ccc(S(=O)(=O)N(C)c2ccc(C(=O)Nc3ccc(Br)cc3F)cc2)cc1. The number of rotatable bonds is 6. The number of carbonyl (C=O) groups is 1. The van der Waals surface area contributed by atoms with Gasteiger partial charge in [-0.25, -0.2) is 12.8 Å². The molecule has 0 radical (unpaired) electrons. The summed E-state index contributed by atoms with van der Waals surface area (Å²) in [5, 5.41) is 2.49. The maximum Gasteiger partial charge on any atom is 0.264 e. The predicted molar refractivity (Wildman–Crippen MR) is 117 cm³/mol. The van der Waals surface area contributed by atoms with Crippen LogP contribution < -0.4 is 14.4 Å². The second-order valence-corrected chi connectivity index (χ2v) is 9.16. The van der Waals surface area contributed by atoms with E-state index in [0.717, 1.165) is 4.31 Å². The molecule has 30 heavy (non-hydrogen) atoms. The first-order chi connectivity index (χ1) is 14.2. The Labute approximate surface area is 182 Å². The van der Waals surface area contributed by atoms with E-state index in [0.29, 0.717) is 15.9 Å². The van der Waals surface area contributed by atoms with Crippen LogP contribution in [0.5, 0.6) is 5.75 Å². The fraction of sp³-hybridized carbons (Fsp3) is 0.0952. The van der Waals surface area contributed by atoms with Gasteiger partial charge in [0.1, 0.15) is 11.6 Å². The summed E-state index contributed by atoms with van der Waals surface area (Å²) in [6.07, 6.45) is 0. The van der Waals surface area contributed by atoms with Crippen molar-refractivity contribution in [3.05, 3.63) is 82.6 Å². The van der Waals surface area contributed by atoms with Crippen LogP contribution in [0.15, 0.2) is 76.1 Å². The highest BCUT2D eigenvalue weighted by atomic mass is 79.9. The molecule has 1 amide bonds. The largest absolute Gasteiger partial charge is 0.497 e. The normalized spacial score (nSPS) is 11.1. The number of amides is 1.